The molecule has 0 spiro atoms. The maximum absolute atomic E-state index is 12.1. The van der Waals surface area contributed by atoms with Crippen molar-refractivity contribution in [2.75, 3.05) is 26.0 Å². The van der Waals surface area contributed by atoms with E-state index in [1.54, 1.807) is 26.2 Å². The highest BCUT2D eigenvalue weighted by Gasteiger charge is 2.14. The summed E-state index contributed by atoms with van der Waals surface area (Å²) in [6.45, 7) is 1.71. The quantitative estimate of drug-likeness (QED) is 0.890. The highest BCUT2D eigenvalue weighted by atomic mass is 16.5. The number of pyridine rings is 1. The van der Waals surface area contributed by atoms with E-state index in [2.05, 4.69) is 5.32 Å². The number of nitrogens with zero attached hydrogens (tertiary/aromatic N) is 2. The van der Waals surface area contributed by atoms with E-state index in [0.29, 0.717) is 11.3 Å². The standard InChI is InChI=1S/C18H21N3O4/c1-12-5-7-14(8-6-12)25-11-16(22)19-15-9-13(17(23)20(2)3)10-21(4)18(15)24/h5-10H,11H2,1-4H3,(H,19,22). The van der Waals surface area contributed by atoms with Crippen molar-refractivity contribution in [2.24, 2.45) is 7.05 Å². The topological polar surface area (TPSA) is 80.6 Å². The molecule has 7 nitrogen and oxygen atoms in total. The summed E-state index contributed by atoms with van der Waals surface area (Å²) in [6, 6.07) is 8.64. The Bertz CT molecular complexity index is 838. The zero-order valence-electron chi connectivity index (χ0n) is 14.7. The molecule has 1 heterocycles. The van der Waals surface area contributed by atoms with E-state index in [1.165, 1.54) is 28.8 Å². The molecule has 0 aliphatic heterocycles. The van der Waals surface area contributed by atoms with Gasteiger partial charge in [-0.2, -0.15) is 0 Å². The number of aryl methyl sites for hydroxylation is 2. The van der Waals surface area contributed by atoms with E-state index >= 15 is 0 Å². The predicted molar refractivity (Wildman–Crippen MR) is 95.0 cm³/mol. The number of carbonyl (C=O) groups is 2. The number of benzene rings is 1. The van der Waals surface area contributed by atoms with E-state index < -0.39 is 11.5 Å². The summed E-state index contributed by atoms with van der Waals surface area (Å²) in [7, 11) is 4.75. The van der Waals surface area contributed by atoms with Crippen LogP contribution in [-0.4, -0.2) is 42.0 Å². The van der Waals surface area contributed by atoms with Crippen LogP contribution in [0.15, 0.2) is 41.3 Å². The Morgan fingerprint density at radius 3 is 2.44 bits per heavy atom. The Hall–Kier alpha value is -3.09. The number of anilines is 1. The highest BCUT2D eigenvalue weighted by molar-refractivity contribution is 5.96. The number of hydrogen-bond acceptors (Lipinski definition) is 4. The lowest BCUT2D eigenvalue weighted by Crippen LogP contribution is -2.29. The smallest absolute Gasteiger partial charge is 0.274 e. The molecule has 1 N–H and O–H groups in total. The van der Waals surface area contributed by atoms with Crippen molar-refractivity contribution in [2.45, 2.75) is 6.92 Å². The highest BCUT2D eigenvalue weighted by Crippen LogP contribution is 2.12. The monoisotopic (exact) mass is 343 g/mol. The number of hydrogen-bond donors (Lipinski definition) is 1. The Morgan fingerprint density at radius 2 is 1.84 bits per heavy atom. The van der Waals surface area contributed by atoms with Gasteiger partial charge >= 0.3 is 0 Å². The van der Waals surface area contributed by atoms with Gasteiger partial charge in [0.15, 0.2) is 6.61 Å². The molecular formula is C18H21N3O4. The second kappa shape index (κ2) is 7.65. The van der Waals surface area contributed by atoms with Crippen molar-refractivity contribution < 1.29 is 14.3 Å². The molecule has 0 bridgehead atoms. The van der Waals surface area contributed by atoms with Crippen LogP contribution in [0.5, 0.6) is 5.75 Å². The first-order valence-corrected chi connectivity index (χ1v) is 7.69. The maximum atomic E-state index is 12.1. The molecule has 1 aromatic heterocycles. The second-order valence-corrected chi connectivity index (χ2v) is 5.91. The first-order valence-electron chi connectivity index (χ1n) is 7.69. The van der Waals surface area contributed by atoms with Gasteiger partial charge in [-0.05, 0) is 25.1 Å². The summed E-state index contributed by atoms with van der Waals surface area (Å²) in [5, 5.41) is 2.50. The molecule has 0 saturated heterocycles. The van der Waals surface area contributed by atoms with Gasteiger partial charge in [-0.25, -0.2) is 0 Å². The van der Waals surface area contributed by atoms with Gasteiger partial charge in [-0.1, -0.05) is 17.7 Å². The molecule has 132 valence electrons. The average molecular weight is 343 g/mol. The number of carbonyl (C=O) groups excluding carboxylic acids is 2. The second-order valence-electron chi connectivity index (χ2n) is 5.91. The summed E-state index contributed by atoms with van der Waals surface area (Å²) in [4.78, 5) is 37.6. The molecular weight excluding hydrogens is 322 g/mol. The number of nitrogens with one attached hydrogen (secondary N) is 1. The largest absolute Gasteiger partial charge is 0.484 e. The van der Waals surface area contributed by atoms with Gasteiger partial charge < -0.3 is 19.5 Å². The molecule has 2 aromatic rings. The first-order chi connectivity index (χ1) is 11.8. The van der Waals surface area contributed by atoms with Crippen LogP contribution in [0.1, 0.15) is 15.9 Å². The third-order valence-electron chi connectivity index (χ3n) is 3.50. The van der Waals surface area contributed by atoms with Gasteiger partial charge in [0.1, 0.15) is 11.4 Å². The number of ether oxygens (including phenoxy) is 1. The minimum atomic E-state index is -0.480. The van der Waals surface area contributed by atoms with Crippen LogP contribution < -0.4 is 15.6 Å². The summed E-state index contributed by atoms with van der Waals surface area (Å²) >= 11 is 0. The van der Waals surface area contributed by atoms with Crippen LogP contribution in [0.4, 0.5) is 5.69 Å². The first kappa shape index (κ1) is 18.3. The summed E-state index contributed by atoms with van der Waals surface area (Å²) in [6.07, 6.45) is 1.43. The Morgan fingerprint density at radius 1 is 1.20 bits per heavy atom. The fourth-order valence-corrected chi connectivity index (χ4v) is 2.15. The van der Waals surface area contributed by atoms with Crippen molar-refractivity contribution in [3.8, 4) is 5.75 Å². The molecule has 0 saturated carbocycles. The summed E-state index contributed by atoms with van der Waals surface area (Å²) in [5.41, 5.74) is 1.02. The van der Waals surface area contributed by atoms with Crippen LogP contribution in [0.25, 0.3) is 0 Å². The average Bonchev–Trinajstić information content (AvgIpc) is 2.57. The van der Waals surface area contributed by atoms with Gasteiger partial charge in [-0.3, -0.25) is 14.4 Å². The van der Waals surface area contributed by atoms with Gasteiger partial charge in [0.2, 0.25) is 0 Å². The van der Waals surface area contributed by atoms with Crippen LogP contribution >= 0.6 is 0 Å². The molecule has 2 rings (SSSR count). The molecule has 0 unspecified atom stereocenters. The van der Waals surface area contributed by atoms with Gasteiger partial charge in [0, 0.05) is 27.3 Å². The Labute approximate surface area is 145 Å². The number of aromatic nitrogens is 1. The van der Waals surface area contributed by atoms with Gasteiger partial charge in [0.05, 0.1) is 5.56 Å². The van der Waals surface area contributed by atoms with Crippen LogP contribution in [-0.2, 0) is 11.8 Å². The van der Waals surface area contributed by atoms with Crippen molar-refractivity contribution in [3.05, 3.63) is 58.0 Å². The minimum Gasteiger partial charge on any atom is -0.484 e. The third kappa shape index (κ3) is 4.69. The molecule has 7 heteroatoms. The van der Waals surface area contributed by atoms with Gasteiger partial charge in [-0.15, -0.1) is 0 Å². The van der Waals surface area contributed by atoms with Crippen molar-refractivity contribution >= 4 is 17.5 Å². The predicted octanol–water partition coefficient (Wildman–Crippen LogP) is 1.41. The molecule has 2 amide bonds. The molecule has 0 aliphatic rings. The third-order valence-corrected chi connectivity index (χ3v) is 3.50. The fraction of sp³-hybridized carbons (Fsp3) is 0.278. The Balaban J connectivity index is 2.10. The normalized spacial score (nSPS) is 10.2. The van der Waals surface area contributed by atoms with Gasteiger partial charge in [0.25, 0.3) is 17.4 Å². The maximum Gasteiger partial charge on any atom is 0.274 e. The lowest BCUT2D eigenvalue weighted by Gasteiger charge is -2.13. The zero-order valence-corrected chi connectivity index (χ0v) is 14.7. The van der Waals surface area contributed by atoms with Crippen LogP contribution in [0.2, 0.25) is 0 Å². The molecule has 1 aromatic carbocycles. The fourth-order valence-electron chi connectivity index (χ4n) is 2.15. The number of rotatable bonds is 5. The van der Waals surface area contributed by atoms with E-state index in [0.717, 1.165) is 5.56 Å². The molecule has 0 fully saturated rings. The molecule has 0 radical (unpaired) electrons. The zero-order chi connectivity index (χ0) is 18.6. The molecule has 0 atom stereocenters. The number of amides is 2. The lowest BCUT2D eigenvalue weighted by molar-refractivity contribution is -0.118. The van der Waals surface area contributed by atoms with Crippen LogP contribution in [0, 0.1) is 6.92 Å². The van der Waals surface area contributed by atoms with E-state index in [1.807, 2.05) is 19.1 Å². The Kier molecular flexibility index (Phi) is 5.59. The van der Waals surface area contributed by atoms with Crippen LogP contribution in [0.3, 0.4) is 0 Å². The van der Waals surface area contributed by atoms with Crippen molar-refractivity contribution in [1.29, 1.82) is 0 Å². The summed E-state index contributed by atoms with van der Waals surface area (Å²) in [5.74, 6) is -0.181. The van der Waals surface area contributed by atoms with E-state index in [9.17, 15) is 14.4 Å². The minimum absolute atomic E-state index is 0.0349. The molecule has 25 heavy (non-hydrogen) atoms. The lowest BCUT2D eigenvalue weighted by atomic mass is 10.2. The SMILES string of the molecule is Cc1ccc(OCC(=O)Nc2cc(C(=O)N(C)C)cn(C)c2=O)cc1. The van der Waals surface area contributed by atoms with Crippen molar-refractivity contribution in [1.82, 2.24) is 9.47 Å². The summed E-state index contributed by atoms with van der Waals surface area (Å²) < 4.78 is 6.64. The van der Waals surface area contributed by atoms with E-state index in [4.69, 9.17) is 4.74 Å². The van der Waals surface area contributed by atoms with Crippen molar-refractivity contribution in [3.63, 3.8) is 0 Å². The molecule has 0 aliphatic carbocycles. The van der Waals surface area contributed by atoms with E-state index in [-0.39, 0.29) is 18.2 Å².